The van der Waals surface area contributed by atoms with E-state index >= 15 is 0 Å². The van der Waals surface area contributed by atoms with Gasteiger partial charge >= 0.3 is 0 Å². The van der Waals surface area contributed by atoms with Gasteiger partial charge in [-0.2, -0.15) is 0 Å². The van der Waals surface area contributed by atoms with Crippen LogP contribution >= 0.6 is 11.6 Å². The van der Waals surface area contributed by atoms with Gasteiger partial charge in [-0.3, -0.25) is 0 Å². The van der Waals surface area contributed by atoms with Gasteiger partial charge in [0.25, 0.3) is 0 Å². The smallest absolute Gasteiger partial charge is 0.151 e. The van der Waals surface area contributed by atoms with E-state index in [1.54, 1.807) is 6.33 Å². The summed E-state index contributed by atoms with van der Waals surface area (Å²) in [7, 11) is 1.90. The second-order valence-corrected chi connectivity index (χ2v) is 4.31. The van der Waals surface area contributed by atoms with Crippen LogP contribution in [0, 0.1) is 0 Å². The summed E-state index contributed by atoms with van der Waals surface area (Å²) in [5.41, 5.74) is 0.948. The van der Waals surface area contributed by atoms with Crippen molar-refractivity contribution in [3.63, 3.8) is 0 Å². The van der Waals surface area contributed by atoms with Crippen LogP contribution in [0.5, 0.6) is 0 Å². The van der Waals surface area contributed by atoms with Crippen molar-refractivity contribution in [2.75, 3.05) is 5.32 Å². The number of hydrogen-bond donors (Lipinski definition) is 1. The van der Waals surface area contributed by atoms with Crippen LogP contribution in [-0.4, -0.2) is 24.7 Å². The average molecular weight is 267 g/mol. The third kappa shape index (κ3) is 2.76. The minimum atomic E-state index is 0.507. The van der Waals surface area contributed by atoms with E-state index in [1.807, 2.05) is 11.6 Å². The largest absolute Gasteiger partial charge is 0.362 e. The molecule has 2 rings (SSSR count). The minimum Gasteiger partial charge on any atom is -0.362 e. The zero-order chi connectivity index (χ0) is 13.0. The Labute approximate surface area is 110 Å². The van der Waals surface area contributed by atoms with Crippen molar-refractivity contribution in [1.82, 2.24) is 24.7 Å². The lowest BCUT2D eigenvalue weighted by atomic mass is 10.2. The molecule has 0 saturated carbocycles. The Balaban J connectivity index is 2.14. The van der Waals surface area contributed by atoms with Crippen LogP contribution in [0.1, 0.15) is 24.7 Å². The number of hydrogen-bond acceptors (Lipinski definition) is 5. The lowest BCUT2D eigenvalue weighted by Gasteiger charge is -2.10. The molecule has 18 heavy (non-hydrogen) atoms. The maximum atomic E-state index is 6.08. The molecule has 2 aromatic heterocycles. The lowest BCUT2D eigenvalue weighted by Crippen LogP contribution is -2.09. The highest BCUT2D eigenvalue weighted by Crippen LogP contribution is 2.21. The summed E-state index contributed by atoms with van der Waals surface area (Å²) in [4.78, 5) is 8.23. The van der Waals surface area contributed by atoms with Crippen LogP contribution in [0.25, 0.3) is 0 Å². The van der Waals surface area contributed by atoms with Crippen molar-refractivity contribution in [2.24, 2.45) is 7.05 Å². The Kier molecular flexibility index (Phi) is 4.09. The number of nitrogens with one attached hydrogen (secondary N) is 1. The van der Waals surface area contributed by atoms with Gasteiger partial charge in [-0.15, -0.1) is 10.2 Å². The van der Waals surface area contributed by atoms with Crippen LogP contribution in [0.4, 0.5) is 5.82 Å². The second kappa shape index (κ2) is 5.77. The van der Waals surface area contributed by atoms with E-state index < -0.39 is 0 Å². The number of halogens is 1. The summed E-state index contributed by atoms with van der Waals surface area (Å²) in [6, 6.07) is 0. The molecular weight excluding hydrogens is 252 g/mol. The molecule has 0 atom stereocenters. The van der Waals surface area contributed by atoms with Crippen LogP contribution in [0.2, 0.25) is 5.15 Å². The lowest BCUT2D eigenvalue weighted by molar-refractivity contribution is 0.806. The van der Waals surface area contributed by atoms with Crippen molar-refractivity contribution in [1.29, 1.82) is 0 Å². The van der Waals surface area contributed by atoms with Crippen molar-refractivity contribution >= 4 is 17.4 Å². The highest BCUT2D eigenvalue weighted by atomic mass is 35.5. The van der Waals surface area contributed by atoms with Gasteiger partial charge < -0.3 is 9.88 Å². The molecule has 7 heteroatoms. The summed E-state index contributed by atoms with van der Waals surface area (Å²) in [6.45, 7) is 2.65. The molecular formula is C11H15ClN6. The molecule has 96 valence electrons. The summed E-state index contributed by atoms with van der Waals surface area (Å²) in [5.74, 6) is 1.60. The summed E-state index contributed by atoms with van der Waals surface area (Å²) >= 11 is 6.08. The fourth-order valence-electron chi connectivity index (χ4n) is 1.64. The molecule has 0 aliphatic carbocycles. The zero-order valence-corrected chi connectivity index (χ0v) is 11.1. The van der Waals surface area contributed by atoms with Gasteiger partial charge in [0, 0.05) is 12.6 Å². The zero-order valence-electron chi connectivity index (χ0n) is 10.4. The fraction of sp³-hybridized carbons (Fsp3) is 0.455. The van der Waals surface area contributed by atoms with Crippen molar-refractivity contribution in [3.05, 3.63) is 29.2 Å². The monoisotopic (exact) mass is 266 g/mol. The average Bonchev–Trinajstić information content (AvgIpc) is 2.76. The predicted molar refractivity (Wildman–Crippen MR) is 69.4 cm³/mol. The van der Waals surface area contributed by atoms with E-state index in [4.69, 9.17) is 11.6 Å². The van der Waals surface area contributed by atoms with Crippen LogP contribution in [0.15, 0.2) is 12.7 Å². The minimum absolute atomic E-state index is 0.507. The topological polar surface area (TPSA) is 68.5 Å². The highest BCUT2D eigenvalue weighted by molar-refractivity contribution is 6.30. The molecule has 6 nitrogen and oxygen atoms in total. The maximum Gasteiger partial charge on any atom is 0.151 e. The maximum absolute atomic E-state index is 6.08. The molecule has 0 aliphatic rings. The number of nitrogens with zero attached hydrogens (tertiary/aromatic N) is 5. The summed E-state index contributed by atoms with van der Waals surface area (Å²) in [6.07, 6.45) is 4.96. The summed E-state index contributed by atoms with van der Waals surface area (Å²) < 4.78 is 1.86. The van der Waals surface area contributed by atoms with E-state index in [0.29, 0.717) is 11.7 Å². The first-order chi connectivity index (χ1) is 8.72. The molecule has 2 heterocycles. The van der Waals surface area contributed by atoms with Crippen LogP contribution in [0.3, 0.4) is 0 Å². The van der Waals surface area contributed by atoms with E-state index in [1.165, 1.54) is 6.33 Å². The van der Waals surface area contributed by atoms with Crippen LogP contribution in [-0.2, 0) is 20.0 Å². The third-order valence-electron chi connectivity index (χ3n) is 2.61. The van der Waals surface area contributed by atoms with E-state index in [2.05, 4.69) is 32.4 Å². The van der Waals surface area contributed by atoms with E-state index in [9.17, 15) is 0 Å². The van der Waals surface area contributed by atoms with Gasteiger partial charge in [-0.05, 0) is 6.42 Å². The number of rotatable bonds is 5. The van der Waals surface area contributed by atoms with Gasteiger partial charge in [0.1, 0.15) is 23.6 Å². The number of aromatic nitrogens is 5. The first kappa shape index (κ1) is 12.8. The van der Waals surface area contributed by atoms with E-state index in [0.717, 1.165) is 30.0 Å². The highest BCUT2D eigenvalue weighted by Gasteiger charge is 2.09. The van der Waals surface area contributed by atoms with Crippen LogP contribution < -0.4 is 5.32 Å². The molecule has 0 unspecified atom stereocenters. The van der Waals surface area contributed by atoms with Gasteiger partial charge in [0.15, 0.2) is 5.82 Å². The molecule has 0 radical (unpaired) electrons. The molecule has 0 fully saturated rings. The molecule has 2 aromatic rings. The normalized spacial score (nSPS) is 10.6. The Morgan fingerprint density at radius 2 is 2.22 bits per heavy atom. The quantitative estimate of drug-likeness (QED) is 0.836. The standard InChI is InChI=1S/C11H15ClN6/c1-3-4-8-10(12)14-6-15-11(8)13-5-9-17-16-7-18(9)2/h6-7H,3-5H2,1-2H3,(H,13,14,15). The second-order valence-electron chi connectivity index (χ2n) is 3.95. The van der Waals surface area contributed by atoms with E-state index in [-0.39, 0.29) is 0 Å². The number of anilines is 1. The Morgan fingerprint density at radius 1 is 1.39 bits per heavy atom. The van der Waals surface area contributed by atoms with Gasteiger partial charge in [-0.1, -0.05) is 24.9 Å². The first-order valence-corrected chi connectivity index (χ1v) is 6.16. The molecule has 0 aliphatic heterocycles. The number of aryl methyl sites for hydroxylation is 1. The Bertz CT molecular complexity index is 524. The van der Waals surface area contributed by atoms with Gasteiger partial charge in [-0.25, -0.2) is 9.97 Å². The SMILES string of the molecule is CCCc1c(Cl)ncnc1NCc1nncn1C. The summed E-state index contributed by atoms with van der Waals surface area (Å²) in [5, 5.41) is 11.6. The van der Waals surface area contributed by atoms with Gasteiger partial charge in [0.05, 0.1) is 6.54 Å². The molecule has 0 bridgehead atoms. The van der Waals surface area contributed by atoms with Crippen molar-refractivity contribution in [3.8, 4) is 0 Å². The van der Waals surface area contributed by atoms with Crippen molar-refractivity contribution < 1.29 is 0 Å². The molecule has 0 amide bonds. The molecule has 0 aromatic carbocycles. The Morgan fingerprint density at radius 3 is 2.89 bits per heavy atom. The Hall–Kier alpha value is -1.69. The fourth-order valence-corrected chi connectivity index (χ4v) is 1.87. The predicted octanol–water partition coefficient (Wildman–Crippen LogP) is 1.82. The molecule has 0 saturated heterocycles. The molecule has 1 N–H and O–H groups in total. The van der Waals surface area contributed by atoms with Crippen molar-refractivity contribution in [2.45, 2.75) is 26.3 Å². The molecule has 0 spiro atoms. The third-order valence-corrected chi connectivity index (χ3v) is 2.94. The van der Waals surface area contributed by atoms with Gasteiger partial charge in [0.2, 0.25) is 0 Å². The first-order valence-electron chi connectivity index (χ1n) is 5.78.